The van der Waals surface area contributed by atoms with E-state index in [4.69, 9.17) is 0 Å². The van der Waals surface area contributed by atoms with Gasteiger partial charge in [0.2, 0.25) is 0 Å². The quantitative estimate of drug-likeness (QED) is 0.714. The maximum Gasteiger partial charge on any atom is 0.128 e. The maximum atomic E-state index is 14.1. The van der Waals surface area contributed by atoms with E-state index in [1.165, 1.54) is 6.07 Å². The Labute approximate surface area is 133 Å². The molecule has 0 fully saturated rings. The molecule has 2 rings (SSSR count). The molecule has 102 valence electrons. The van der Waals surface area contributed by atoms with Crippen molar-refractivity contribution < 1.29 is 4.39 Å². The molecule has 1 nitrogen and oxygen atoms in total. The first-order valence-corrected chi connectivity index (χ1v) is 8.37. The standard InChI is InChI=1S/C14H14Br2FNS/c1-3-18-13(12-7-10(15)14(16)19-12)9-6-8(2)4-5-11(9)17/h4-7,13,18H,3H2,1-2H3. The summed E-state index contributed by atoms with van der Waals surface area (Å²) in [7, 11) is 0. The third-order valence-corrected chi connectivity index (χ3v) is 6.14. The second-order valence-corrected chi connectivity index (χ2v) is 7.54. The van der Waals surface area contributed by atoms with E-state index in [-0.39, 0.29) is 11.9 Å². The van der Waals surface area contributed by atoms with Crippen LogP contribution in [0, 0.1) is 12.7 Å². The fourth-order valence-electron chi connectivity index (χ4n) is 1.96. The van der Waals surface area contributed by atoms with Crippen LogP contribution in [0.2, 0.25) is 0 Å². The van der Waals surface area contributed by atoms with Crippen molar-refractivity contribution >= 4 is 43.2 Å². The number of rotatable bonds is 4. The molecule has 2 aromatic rings. The van der Waals surface area contributed by atoms with Crippen molar-refractivity contribution in [3.05, 3.63) is 54.3 Å². The van der Waals surface area contributed by atoms with Crippen LogP contribution in [-0.2, 0) is 0 Å². The third kappa shape index (κ3) is 3.45. The summed E-state index contributed by atoms with van der Waals surface area (Å²) in [5.74, 6) is -0.169. The van der Waals surface area contributed by atoms with E-state index < -0.39 is 0 Å². The van der Waals surface area contributed by atoms with Gasteiger partial charge in [0, 0.05) is 14.9 Å². The van der Waals surface area contributed by atoms with Crippen LogP contribution in [0.4, 0.5) is 4.39 Å². The van der Waals surface area contributed by atoms with Gasteiger partial charge in [-0.15, -0.1) is 11.3 Å². The van der Waals surface area contributed by atoms with Crippen molar-refractivity contribution in [3.8, 4) is 0 Å². The minimum absolute atomic E-state index is 0.113. The van der Waals surface area contributed by atoms with Crippen molar-refractivity contribution in [3.63, 3.8) is 0 Å². The molecule has 0 bridgehead atoms. The Hall–Kier alpha value is -0.230. The largest absolute Gasteiger partial charge is 0.306 e. The normalized spacial score (nSPS) is 12.7. The summed E-state index contributed by atoms with van der Waals surface area (Å²) in [5.41, 5.74) is 1.76. The molecule has 0 aliphatic heterocycles. The maximum absolute atomic E-state index is 14.1. The smallest absolute Gasteiger partial charge is 0.128 e. The number of halogens is 3. The van der Waals surface area contributed by atoms with Crippen molar-refractivity contribution in [1.29, 1.82) is 0 Å². The van der Waals surface area contributed by atoms with Gasteiger partial charge in [-0.1, -0.05) is 24.6 Å². The minimum Gasteiger partial charge on any atom is -0.306 e. The Bertz CT molecular complexity index is 563. The highest BCUT2D eigenvalue weighted by Gasteiger charge is 2.20. The molecule has 0 saturated heterocycles. The number of aryl methyl sites for hydroxylation is 1. The molecule has 0 saturated carbocycles. The number of thiophene rings is 1. The van der Waals surface area contributed by atoms with E-state index in [1.54, 1.807) is 17.4 Å². The molecule has 1 N–H and O–H groups in total. The summed E-state index contributed by atoms with van der Waals surface area (Å²) in [6.45, 7) is 4.79. The highest BCUT2D eigenvalue weighted by Crippen LogP contribution is 2.38. The lowest BCUT2D eigenvalue weighted by molar-refractivity contribution is 0.562. The van der Waals surface area contributed by atoms with Crippen LogP contribution in [0.3, 0.4) is 0 Å². The highest BCUT2D eigenvalue weighted by molar-refractivity contribution is 9.13. The second kappa shape index (κ2) is 6.48. The first-order valence-electron chi connectivity index (χ1n) is 5.97. The molecule has 0 radical (unpaired) electrons. The van der Waals surface area contributed by atoms with E-state index in [0.29, 0.717) is 5.56 Å². The van der Waals surface area contributed by atoms with E-state index in [9.17, 15) is 4.39 Å². The van der Waals surface area contributed by atoms with Gasteiger partial charge >= 0.3 is 0 Å². The molecule has 1 atom stereocenters. The molecular weight excluding hydrogens is 393 g/mol. The van der Waals surface area contributed by atoms with E-state index in [2.05, 4.69) is 37.2 Å². The molecule has 19 heavy (non-hydrogen) atoms. The van der Waals surface area contributed by atoms with Gasteiger partial charge in [0.25, 0.3) is 0 Å². The monoisotopic (exact) mass is 405 g/mol. The summed E-state index contributed by atoms with van der Waals surface area (Å²) >= 11 is 8.59. The Morgan fingerprint density at radius 3 is 2.63 bits per heavy atom. The Balaban J connectivity index is 2.47. The highest BCUT2D eigenvalue weighted by atomic mass is 79.9. The van der Waals surface area contributed by atoms with Crippen LogP contribution < -0.4 is 5.32 Å². The van der Waals surface area contributed by atoms with Gasteiger partial charge in [-0.3, -0.25) is 0 Å². The van der Waals surface area contributed by atoms with Gasteiger partial charge in [0.15, 0.2) is 0 Å². The van der Waals surface area contributed by atoms with E-state index >= 15 is 0 Å². The molecule has 0 spiro atoms. The number of hydrogen-bond donors (Lipinski definition) is 1. The van der Waals surface area contributed by atoms with E-state index in [1.807, 2.05) is 26.0 Å². The van der Waals surface area contributed by atoms with Crippen LogP contribution in [0.5, 0.6) is 0 Å². The zero-order valence-corrected chi connectivity index (χ0v) is 14.6. The molecule has 1 aromatic carbocycles. The average molecular weight is 407 g/mol. The molecule has 0 aliphatic rings. The van der Waals surface area contributed by atoms with Gasteiger partial charge in [-0.2, -0.15) is 0 Å². The fraction of sp³-hybridized carbons (Fsp3) is 0.286. The summed E-state index contributed by atoms with van der Waals surface area (Å²) in [5, 5.41) is 3.35. The van der Waals surface area contributed by atoms with Gasteiger partial charge in [0.1, 0.15) is 5.82 Å². The molecule has 1 aromatic heterocycles. The summed E-state index contributed by atoms with van der Waals surface area (Å²) in [6, 6.07) is 7.15. The number of benzene rings is 1. The molecule has 0 amide bonds. The number of hydrogen-bond acceptors (Lipinski definition) is 2. The van der Waals surface area contributed by atoms with Gasteiger partial charge < -0.3 is 5.32 Å². The van der Waals surface area contributed by atoms with Crippen molar-refractivity contribution in [2.24, 2.45) is 0 Å². The van der Waals surface area contributed by atoms with Crippen LogP contribution in [0.25, 0.3) is 0 Å². The summed E-state index contributed by atoms with van der Waals surface area (Å²) in [6.07, 6.45) is 0. The van der Waals surface area contributed by atoms with Crippen LogP contribution in [0.15, 0.2) is 32.5 Å². The van der Waals surface area contributed by atoms with Crippen LogP contribution in [0.1, 0.15) is 29.0 Å². The SMILES string of the molecule is CCNC(c1cc(Br)c(Br)s1)c1cc(C)ccc1F. The lowest BCUT2D eigenvalue weighted by atomic mass is 10.0. The van der Waals surface area contributed by atoms with Gasteiger partial charge in [-0.25, -0.2) is 4.39 Å². The van der Waals surface area contributed by atoms with Crippen molar-refractivity contribution in [2.45, 2.75) is 19.9 Å². The molecular formula is C14H14Br2FNS. The Morgan fingerprint density at radius 2 is 2.05 bits per heavy atom. The molecule has 5 heteroatoms. The number of nitrogens with one attached hydrogen (secondary N) is 1. The van der Waals surface area contributed by atoms with E-state index in [0.717, 1.165) is 25.2 Å². The van der Waals surface area contributed by atoms with Crippen molar-refractivity contribution in [1.82, 2.24) is 5.32 Å². The molecule has 1 unspecified atom stereocenters. The lowest BCUT2D eigenvalue weighted by Crippen LogP contribution is -2.22. The summed E-state index contributed by atoms with van der Waals surface area (Å²) in [4.78, 5) is 1.09. The van der Waals surface area contributed by atoms with Crippen molar-refractivity contribution in [2.75, 3.05) is 6.54 Å². The third-order valence-electron chi connectivity index (χ3n) is 2.82. The lowest BCUT2D eigenvalue weighted by Gasteiger charge is -2.18. The topological polar surface area (TPSA) is 12.0 Å². The Morgan fingerprint density at radius 1 is 1.32 bits per heavy atom. The predicted molar refractivity (Wildman–Crippen MR) is 86.4 cm³/mol. The molecule has 1 heterocycles. The summed E-state index contributed by atoms with van der Waals surface area (Å²) < 4.78 is 16.1. The fourth-order valence-corrected chi connectivity index (χ4v) is 4.14. The second-order valence-electron chi connectivity index (χ2n) is 4.29. The zero-order valence-electron chi connectivity index (χ0n) is 10.6. The average Bonchev–Trinajstić information content (AvgIpc) is 2.70. The first kappa shape index (κ1) is 15.2. The van der Waals surface area contributed by atoms with Gasteiger partial charge in [0.05, 0.1) is 9.83 Å². The predicted octanol–water partition coefficient (Wildman–Crippen LogP) is 5.42. The Kier molecular flexibility index (Phi) is 5.17. The minimum atomic E-state index is -0.169. The molecule has 0 aliphatic carbocycles. The van der Waals surface area contributed by atoms with Gasteiger partial charge in [-0.05, 0) is 57.5 Å². The van der Waals surface area contributed by atoms with Crippen LogP contribution in [-0.4, -0.2) is 6.54 Å². The van der Waals surface area contributed by atoms with Crippen LogP contribution >= 0.6 is 43.2 Å². The first-order chi connectivity index (χ1) is 9.02. The zero-order chi connectivity index (χ0) is 14.0.